The number of fused-ring (bicyclic) bond motifs is 1. The summed E-state index contributed by atoms with van der Waals surface area (Å²) in [6.45, 7) is 1.46. The van der Waals surface area contributed by atoms with Gasteiger partial charge < -0.3 is 20.8 Å². The quantitative estimate of drug-likeness (QED) is 0.328. The predicted octanol–water partition coefficient (Wildman–Crippen LogP) is 4.31. The molecule has 0 saturated heterocycles. The summed E-state index contributed by atoms with van der Waals surface area (Å²) in [5.41, 5.74) is 3.95. The first kappa shape index (κ1) is 21.0. The van der Waals surface area contributed by atoms with Gasteiger partial charge in [0.15, 0.2) is 5.82 Å². The van der Waals surface area contributed by atoms with Crippen molar-refractivity contribution in [2.45, 2.75) is 6.54 Å². The molecule has 29 heavy (non-hydrogen) atoms. The Morgan fingerprint density at radius 3 is 2.59 bits per heavy atom. The molecule has 4 rings (SSSR count). The molecule has 0 unspecified atom stereocenters. The summed E-state index contributed by atoms with van der Waals surface area (Å²) in [4.78, 5) is 9.88. The number of aliphatic hydroxyl groups excluding tert-OH is 1. The molecule has 4 N–H and O–H groups in total. The van der Waals surface area contributed by atoms with Crippen LogP contribution in [0.1, 0.15) is 5.56 Å². The van der Waals surface area contributed by atoms with E-state index < -0.39 is 0 Å². The summed E-state index contributed by atoms with van der Waals surface area (Å²) >= 11 is 1.63. The molecule has 0 amide bonds. The van der Waals surface area contributed by atoms with Crippen LogP contribution in [-0.4, -0.2) is 33.3 Å². The molecular weight excluding hydrogens is 408 g/mol. The van der Waals surface area contributed by atoms with E-state index in [9.17, 15) is 5.11 Å². The lowest BCUT2D eigenvalue weighted by molar-refractivity contribution is 0.292. The average Bonchev–Trinajstić information content (AvgIpc) is 3.14. The van der Waals surface area contributed by atoms with E-state index in [1.165, 1.54) is 5.56 Å². The third-order valence-corrected chi connectivity index (χ3v) is 5.46. The Morgan fingerprint density at radius 2 is 1.83 bits per heavy atom. The minimum absolute atomic E-state index is 0. The van der Waals surface area contributed by atoms with Crippen molar-refractivity contribution >= 4 is 45.5 Å². The van der Waals surface area contributed by atoms with Crippen LogP contribution in [0.4, 0.5) is 11.5 Å². The van der Waals surface area contributed by atoms with Gasteiger partial charge in [-0.3, -0.25) is 0 Å². The smallest absolute Gasteiger partial charge is 0.151 e. The number of nitrogens with one attached hydrogen (secondary N) is 2. The van der Waals surface area contributed by atoms with Gasteiger partial charge in [-0.1, -0.05) is 30.3 Å². The fourth-order valence-corrected chi connectivity index (χ4v) is 3.97. The maximum absolute atomic E-state index is 9.66. The van der Waals surface area contributed by atoms with Crippen molar-refractivity contribution in [2.24, 2.45) is 0 Å². The first-order valence-corrected chi connectivity index (χ1v) is 9.76. The molecule has 0 fully saturated rings. The molecule has 2 heterocycles. The number of hydrogen-bond acceptors (Lipinski definition) is 7. The Morgan fingerprint density at radius 1 is 1.00 bits per heavy atom. The topological polar surface area (TPSA) is 90.3 Å². The zero-order valence-electron chi connectivity index (χ0n) is 15.5. The summed E-state index contributed by atoms with van der Waals surface area (Å²) in [6.07, 6.45) is 1.54. The number of phenolic OH excluding ortho intramolecular Hbond substituents is 1. The van der Waals surface area contributed by atoms with E-state index in [0.29, 0.717) is 6.54 Å². The van der Waals surface area contributed by atoms with E-state index in [0.717, 1.165) is 38.7 Å². The van der Waals surface area contributed by atoms with Gasteiger partial charge in [0.1, 0.15) is 12.1 Å². The Labute approximate surface area is 178 Å². The minimum atomic E-state index is 0. The highest BCUT2D eigenvalue weighted by Crippen LogP contribution is 2.36. The zero-order chi connectivity index (χ0) is 19.3. The monoisotopic (exact) mass is 428 g/mol. The van der Waals surface area contributed by atoms with Crippen molar-refractivity contribution in [3.63, 3.8) is 0 Å². The second-order valence-corrected chi connectivity index (χ2v) is 7.37. The number of aliphatic hydroxyl groups is 1. The van der Waals surface area contributed by atoms with Crippen molar-refractivity contribution in [2.75, 3.05) is 18.5 Å². The number of phenols is 1. The molecular formula is C21H21ClN4O2S. The molecule has 6 nitrogen and oxygen atoms in total. The van der Waals surface area contributed by atoms with Gasteiger partial charge in [-0.05, 0) is 29.3 Å². The van der Waals surface area contributed by atoms with E-state index in [1.807, 2.05) is 6.07 Å². The van der Waals surface area contributed by atoms with Crippen molar-refractivity contribution in [3.8, 4) is 16.2 Å². The molecule has 0 aliphatic heterocycles. The van der Waals surface area contributed by atoms with Crippen LogP contribution < -0.4 is 10.6 Å². The van der Waals surface area contributed by atoms with Crippen molar-refractivity contribution in [1.29, 1.82) is 0 Å². The van der Waals surface area contributed by atoms with Crippen LogP contribution in [-0.2, 0) is 6.54 Å². The van der Waals surface area contributed by atoms with Crippen LogP contribution in [0.3, 0.4) is 0 Å². The number of anilines is 2. The molecule has 2 aromatic carbocycles. The van der Waals surface area contributed by atoms with Crippen molar-refractivity contribution < 1.29 is 10.2 Å². The Balaban J connectivity index is 0.00000240. The van der Waals surface area contributed by atoms with Gasteiger partial charge in [0.25, 0.3) is 0 Å². The molecule has 0 aliphatic rings. The highest BCUT2D eigenvalue weighted by molar-refractivity contribution is 7.22. The van der Waals surface area contributed by atoms with Gasteiger partial charge >= 0.3 is 0 Å². The number of rotatable bonds is 7. The lowest BCUT2D eigenvalue weighted by Gasteiger charge is -2.06. The molecule has 0 aliphatic carbocycles. The first-order chi connectivity index (χ1) is 13.7. The summed E-state index contributed by atoms with van der Waals surface area (Å²) in [6, 6.07) is 17.4. The van der Waals surface area contributed by atoms with Crippen LogP contribution in [0.2, 0.25) is 0 Å². The Kier molecular flexibility index (Phi) is 7.00. The number of benzene rings is 2. The van der Waals surface area contributed by atoms with Crippen LogP contribution in [0, 0.1) is 0 Å². The van der Waals surface area contributed by atoms with E-state index in [-0.39, 0.29) is 24.8 Å². The van der Waals surface area contributed by atoms with Crippen LogP contribution in [0.25, 0.3) is 20.7 Å². The SMILES string of the molecule is Cl.OCCNCc1ccc(-c2cc3ncnc(Nc4cccc(O)c4)c3s2)cc1. The van der Waals surface area contributed by atoms with E-state index >= 15 is 0 Å². The van der Waals surface area contributed by atoms with Crippen molar-refractivity contribution in [1.82, 2.24) is 15.3 Å². The number of aromatic nitrogens is 2. The molecule has 0 radical (unpaired) electrons. The summed E-state index contributed by atoms with van der Waals surface area (Å²) in [7, 11) is 0. The normalized spacial score (nSPS) is 10.7. The largest absolute Gasteiger partial charge is 0.508 e. The van der Waals surface area contributed by atoms with E-state index in [4.69, 9.17) is 5.11 Å². The fourth-order valence-electron chi connectivity index (χ4n) is 2.90. The highest BCUT2D eigenvalue weighted by atomic mass is 35.5. The second kappa shape index (κ2) is 9.67. The summed E-state index contributed by atoms with van der Waals surface area (Å²) < 4.78 is 0.967. The summed E-state index contributed by atoms with van der Waals surface area (Å²) in [5, 5.41) is 24.9. The molecule has 8 heteroatoms. The van der Waals surface area contributed by atoms with Crippen LogP contribution in [0.5, 0.6) is 5.75 Å². The molecule has 150 valence electrons. The molecule has 0 saturated carbocycles. The first-order valence-electron chi connectivity index (χ1n) is 8.94. The van der Waals surface area contributed by atoms with Gasteiger partial charge in [0, 0.05) is 29.7 Å². The molecule has 2 aromatic heterocycles. The molecule has 0 bridgehead atoms. The Bertz CT molecular complexity index is 1090. The number of aromatic hydroxyl groups is 1. The summed E-state index contributed by atoms with van der Waals surface area (Å²) in [5.74, 6) is 0.924. The van der Waals surface area contributed by atoms with Gasteiger partial charge in [0.05, 0.1) is 16.8 Å². The second-order valence-electron chi connectivity index (χ2n) is 6.32. The fraction of sp³-hybridized carbons (Fsp3) is 0.143. The highest BCUT2D eigenvalue weighted by Gasteiger charge is 2.11. The van der Waals surface area contributed by atoms with E-state index in [2.05, 4.69) is 50.9 Å². The van der Waals surface area contributed by atoms with Crippen LogP contribution >= 0.6 is 23.7 Å². The third kappa shape index (κ3) is 5.02. The minimum Gasteiger partial charge on any atom is -0.508 e. The molecule has 0 spiro atoms. The maximum atomic E-state index is 9.66. The van der Waals surface area contributed by atoms with Gasteiger partial charge in [-0.2, -0.15) is 0 Å². The lowest BCUT2D eigenvalue weighted by atomic mass is 10.1. The Hall–Kier alpha value is -2.71. The van der Waals surface area contributed by atoms with Gasteiger partial charge in [-0.15, -0.1) is 23.7 Å². The standard InChI is InChI=1S/C21H20N4O2S.ClH/c26-9-8-22-12-14-4-6-15(7-5-14)19-11-18-20(28-19)21(24-13-23-18)25-16-2-1-3-17(27)10-16;/h1-7,10-11,13,22,26-27H,8-9,12H2,(H,23,24,25);1H. The van der Waals surface area contributed by atoms with Gasteiger partial charge in [0.2, 0.25) is 0 Å². The van der Waals surface area contributed by atoms with Gasteiger partial charge in [-0.25, -0.2) is 9.97 Å². The zero-order valence-corrected chi connectivity index (χ0v) is 17.1. The number of nitrogens with zero attached hydrogens (tertiary/aromatic N) is 2. The molecule has 0 atom stereocenters. The third-order valence-electron chi connectivity index (χ3n) is 4.28. The lowest BCUT2D eigenvalue weighted by Crippen LogP contribution is -2.17. The maximum Gasteiger partial charge on any atom is 0.151 e. The van der Waals surface area contributed by atoms with Crippen LogP contribution in [0.15, 0.2) is 60.9 Å². The number of thiophene rings is 1. The van der Waals surface area contributed by atoms with E-state index in [1.54, 1.807) is 35.9 Å². The predicted molar refractivity (Wildman–Crippen MR) is 120 cm³/mol. The number of halogens is 1. The average molecular weight is 429 g/mol. The molecule has 4 aromatic rings. The number of hydrogen-bond donors (Lipinski definition) is 4. The van der Waals surface area contributed by atoms with Crippen molar-refractivity contribution in [3.05, 3.63) is 66.5 Å².